The van der Waals surface area contributed by atoms with Crippen LogP contribution >= 0.6 is 11.3 Å². The highest BCUT2D eigenvalue weighted by Crippen LogP contribution is 2.36. The Hall–Kier alpha value is -2.85. The van der Waals surface area contributed by atoms with E-state index in [9.17, 15) is 0 Å². The number of nitrogens with zero attached hydrogens (tertiary/aromatic N) is 3. The maximum Gasteiger partial charge on any atom is 0.0907 e. The van der Waals surface area contributed by atoms with E-state index in [2.05, 4.69) is 117 Å². The first-order valence-electron chi connectivity index (χ1n) is 9.84. The summed E-state index contributed by atoms with van der Waals surface area (Å²) in [6.07, 6.45) is 0. The van der Waals surface area contributed by atoms with Gasteiger partial charge in [0, 0.05) is 45.5 Å². The van der Waals surface area contributed by atoms with Gasteiger partial charge in [0.1, 0.15) is 0 Å². The predicted molar refractivity (Wildman–Crippen MR) is 127 cm³/mol. The molecule has 0 spiro atoms. The van der Waals surface area contributed by atoms with Gasteiger partial charge < -0.3 is 9.80 Å². The van der Waals surface area contributed by atoms with Gasteiger partial charge in [-0.2, -0.15) is 0 Å². The zero-order valence-electron chi connectivity index (χ0n) is 17.7. The van der Waals surface area contributed by atoms with Crippen molar-refractivity contribution in [2.45, 2.75) is 12.8 Å². The molecule has 0 radical (unpaired) electrons. The molecule has 0 fully saturated rings. The summed E-state index contributed by atoms with van der Waals surface area (Å²) in [5.74, 6) is 0.189. The fourth-order valence-corrected chi connectivity index (χ4v) is 4.62. The monoisotopic (exact) mass is 401 g/mol. The Morgan fingerprint density at radius 1 is 0.690 bits per heavy atom. The first kappa shape index (κ1) is 19.5. The van der Waals surface area contributed by atoms with E-state index in [-0.39, 0.29) is 5.92 Å². The average molecular weight is 402 g/mol. The summed E-state index contributed by atoms with van der Waals surface area (Å²) >= 11 is 1.76. The van der Waals surface area contributed by atoms with Crippen LogP contribution < -0.4 is 9.80 Å². The van der Waals surface area contributed by atoms with E-state index in [0.717, 1.165) is 10.5 Å². The van der Waals surface area contributed by atoms with Gasteiger partial charge in [0.15, 0.2) is 0 Å². The molecule has 0 bridgehead atoms. The molecule has 148 valence electrons. The standard InChI is InChI=1S/C25H27N3S/c1-17-26-23-15-10-20(16-24(23)29-17)25(18-6-11-21(12-7-18)27(2)3)19-8-13-22(14-9-19)28(4)5/h6-16,25H,1-5H3. The van der Waals surface area contributed by atoms with Gasteiger partial charge in [-0.05, 0) is 60.0 Å². The summed E-state index contributed by atoms with van der Waals surface area (Å²) < 4.78 is 1.25. The van der Waals surface area contributed by atoms with Gasteiger partial charge >= 0.3 is 0 Å². The molecular weight excluding hydrogens is 374 g/mol. The van der Waals surface area contributed by atoms with Crippen LogP contribution in [0.1, 0.15) is 27.6 Å². The van der Waals surface area contributed by atoms with Crippen LogP contribution in [0.5, 0.6) is 0 Å². The smallest absolute Gasteiger partial charge is 0.0907 e. The Morgan fingerprint density at radius 2 is 1.17 bits per heavy atom. The van der Waals surface area contributed by atoms with Crippen molar-refractivity contribution in [3.63, 3.8) is 0 Å². The van der Waals surface area contributed by atoms with Crippen molar-refractivity contribution >= 4 is 32.9 Å². The maximum absolute atomic E-state index is 4.63. The van der Waals surface area contributed by atoms with Crippen molar-refractivity contribution in [3.8, 4) is 0 Å². The Morgan fingerprint density at radius 3 is 1.66 bits per heavy atom. The molecule has 0 aliphatic rings. The summed E-state index contributed by atoms with van der Waals surface area (Å²) in [5.41, 5.74) is 7.41. The molecule has 4 aromatic rings. The quantitative estimate of drug-likeness (QED) is 0.387. The molecule has 0 aliphatic heterocycles. The lowest BCUT2D eigenvalue weighted by molar-refractivity contribution is 0.976. The van der Waals surface area contributed by atoms with Gasteiger partial charge in [0.2, 0.25) is 0 Å². The zero-order valence-corrected chi connectivity index (χ0v) is 18.5. The Kier molecular flexibility index (Phi) is 5.29. The molecule has 3 nitrogen and oxygen atoms in total. The molecule has 3 aromatic carbocycles. The van der Waals surface area contributed by atoms with Crippen LogP contribution in [0.25, 0.3) is 10.2 Å². The van der Waals surface area contributed by atoms with Crippen LogP contribution in [0, 0.1) is 6.92 Å². The SMILES string of the molecule is Cc1nc2ccc(C(c3ccc(N(C)C)cc3)c3ccc(N(C)C)cc3)cc2s1. The zero-order chi connectivity index (χ0) is 20.5. The second-order valence-corrected chi connectivity index (χ2v) is 9.10. The summed E-state index contributed by atoms with van der Waals surface area (Å²) in [4.78, 5) is 8.90. The number of fused-ring (bicyclic) bond motifs is 1. The molecule has 0 N–H and O–H groups in total. The van der Waals surface area contributed by atoms with Gasteiger partial charge in [-0.15, -0.1) is 11.3 Å². The van der Waals surface area contributed by atoms with Crippen LogP contribution in [0.3, 0.4) is 0 Å². The fraction of sp³-hybridized carbons (Fsp3) is 0.240. The van der Waals surface area contributed by atoms with Gasteiger partial charge in [0.05, 0.1) is 15.2 Å². The largest absolute Gasteiger partial charge is 0.378 e. The van der Waals surface area contributed by atoms with Crippen molar-refractivity contribution in [3.05, 3.63) is 88.4 Å². The molecule has 0 saturated heterocycles. The number of anilines is 2. The highest BCUT2D eigenvalue weighted by atomic mass is 32.1. The maximum atomic E-state index is 4.63. The van der Waals surface area contributed by atoms with Crippen LogP contribution in [-0.2, 0) is 0 Å². The van der Waals surface area contributed by atoms with Crippen LogP contribution in [0.15, 0.2) is 66.7 Å². The molecule has 4 heteroatoms. The molecule has 4 rings (SSSR count). The van der Waals surface area contributed by atoms with Gasteiger partial charge in [0.25, 0.3) is 0 Å². The molecule has 1 aromatic heterocycles. The average Bonchev–Trinajstić information content (AvgIpc) is 3.08. The first-order valence-corrected chi connectivity index (χ1v) is 10.7. The number of hydrogen-bond acceptors (Lipinski definition) is 4. The van der Waals surface area contributed by atoms with Crippen molar-refractivity contribution in [1.82, 2.24) is 4.98 Å². The topological polar surface area (TPSA) is 19.4 Å². The third kappa shape index (κ3) is 3.99. The normalized spacial score (nSPS) is 11.2. The van der Waals surface area contributed by atoms with Crippen molar-refractivity contribution in [2.75, 3.05) is 38.0 Å². The van der Waals surface area contributed by atoms with E-state index in [1.165, 1.54) is 32.8 Å². The molecular formula is C25H27N3S. The van der Waals surface area contributed by atoms with E-state index in [0.29, 0.717) is 0 Å². The molecule has 0 amide bonds. The number of hydrogen-bond donors (Lipinski definition) is 0. The second kappa shape index (κ2) is 7.88. The van der Waals surface area contributed by atoms with E-state index in [4.69, 9.17) is 0 Å². The predicted octanol–water partition coefficient (Wildman–Crippen LogP) is 5.92. The lowest BCUT2D eigenvalue weighted by Crippen LogP contribution is -2.10. The third-order valence-corrected chi connectivity index (χ3v) is 6.27. The van der Waals surface area contributed by atoms with E-state index in [1.807, 2.05) is 0 Å². The summed E-state index contributed by atoms with van der Waals surface area (Å²) in [6.45, 7) is 2.07. The van der Waals surface area contributed by atoms with Crippen molar-refractivity contribution < 1.29 is 0 Å². The van der Waals surface area contributed by atoms with Gasteiger partial charge in [-0.1, -0.05) is 30.3 Å². The number of thiazole rings is 1. The van der Waals surface area contributed by atoms with Crippen LogP contribution in [-0.4, -0.2) is 33.2 Å². The molecule has 0 saturated carbocycles. The summed E-state index contributed by atoms with van der Waals surface area (Å²) in [6, 6.07) is 24.5. The molecule has 29 heavy (non-hydrogen) atoms. The number of rotatable bonds is 5. The minimum absolute atomic E-state index is 0.189. The number of aryl methyl sites for hydroxylation is 1. The van der Waals surface area contributed by atoms with Gasteiger partial charge in [-0.25, -0.2) is 4.98 Å². The van der Waals surface area contributed by atoms with Crippen LogP contribution in [0.2, 0.25) is 0 Å². The fourth-order valence-electron chi connectivity index (χ4n) is 3.74. The second-order valence-electron chi connectivity index (χ2n) is 7.86. The Labute approximate surface area is 177 Å². The van der Waals surface area contributed by atoms with Crippen LogP contribution in [0.4, 0.5) is 11.4 Å². The van der Waals surface area contributed by atoms with E-state index in [1.54, 1.807) is 11.3 Å². The lowest BCUT2D eigenvalue weighted by atomic mass is 9.85. The molecule has 0 aliphatic carbocycles. The van der Waals surface area contributed by atoms with Crippen molar-refractivity contribution in [1.29, 1.82) is 0 Å². The molecule has 0 atom stereocenters. The lowest BCUT2D eigenvalue weighted by Gasteiger charge is -2.21. The number of aromatic nitrogens is 1. The minimum atomic E-state index is 0.189. The first-order chi connectivity index (χ1) is 13.9. The molecule has 0 unspecified atom stereocenters. The highest BCUT2D eigenvalue weighted by molar-refractivity contribution is 7.18. The minimum Gasteiger partial charge on any atom is -0.378 e. The highest BCUT2D eigenvalue weighted by Gasteiger charge is 2.18. The van der Waals surface area contributed by atoms with E-state index < -0.39 is 0 Å². The van der Waals surface area contributed by atoms with E-state index >= 15 is 0 Å². The Bertz CT molecular complexity index is 1060. The summed E-state index contributed by atoms with van der Waals surface area (Å²) in [5, 5.41) is 1.11. The Balaban J connectivity index is 1.82. The van der Waals surface area contributed by atoms with Gasteiger partial charge in [-0.3, -0.25) is 0 Å². The third-order valence-electron chi connectivity index (χ3n) is 5.34. The van der Waals surface area contributed by atoms with Crippen molar-refractivity contribution in [2.24, 2.45) is 0 Å². The summed E-state index contributed by atoms with van der Waals surface area (Å²) in [7, 11) is 8.30. The molecule has 1 heterocycles. The number of benzene rings is 3.